The van der Waals surface area contributed by atoms with Crippen molar-refractivity contribution in [3.05, 3.63) is 76.3 Å². The number of rotatable bonds is 8. The Bertz CT molecular complexity index is 1270. The van der Waals surface area contributed by atoms with Crippen molar-refractivity contribution in [2.45, 2.75) is 24.5 Å². The molecule has 0 aliphatic heterocycles. The minimum absolute atomic E-state index is 0.168. The van der Waals surface area contributed by atoms with Crippen molar-refractivity contribution in [3.8, 4) is 11.5 Å². The zero-order valence-corrected chi connectivity index (χ0v) is 16.4. The summed E-state index contributed by atoms with van der Waals surface area (Å²) in [5.41, 5.74) is 2.13. The first-order valence-corrected chi connectivity index (χ1v) is 10.1. The molecule has 9 heteroatoms. The predicted octanol–water partition coefficient (Wildman–Crippen LogP) is 2.91. The van der Waals surface area contributed by atoms with Gasteiger partial charge in [-0.05, 0) is 30.7 Å². The van der Waals surface area contributed by atoms with E-state index in [9.17, 15) is 9.59 Å². The Morgan fingerprint density at radius 3 is 2.90 bits per heavy atom. The molecule has 4 rings (SSSR count). The third-order valence-corrected chi connectivity index (χ3v) is 5.38. The Balaban J connectivity index is 1.51. The van der Waals surface area contributed by atoms with Gasteiger partial charge < -0.3 is 9.40 Å². The molecule has 0 aliphatic carbocycles. The van der Waals surface area contributed by atoms with Crippen LogP contribution in [-0.4, -0.2) is 30.1 Å². The molecule has 0 bridgehead atoms. The zero-order chi connectivity index (χ0) is 20.2. The van der Waals surface area contributed by atoms with Crippen LogP contribution in [0.5, 0.6) is 0 Å². The summed E-state index contributed by atoms with van der Waals surface area (Å²) in [4.78, 5) is 31.5. The van der Waals surface area contributed by atoms with Gasteiger partial charge in [-0.2, -0.15) is 4.68 Å². The van der Waals surface area contributed by atoms with Gasteiger partial charge in [0.15, 0.2) is 0 Å². The first-order valence-electron chi connectivity index (χ1n) is 9.12. The highest BCUT2D eigenvalue weighted by atomic mass is 32.2. The van der Waals surface area contributed by atoms with Crippen LogP contribution < -0.4 is 11.4 Å². The van der Waals surface area contributed by atoms with Crippen LogP contribution in [0.25, 0.3) is 22.5 Å². The number of aryl methyl sites for hydroxylation is 2. The topological polar surface area (TPSA) is 98.7 Å². The van der Waals surface area contributed by atoms with Crippen LogP contribution in [-0.2, 0) is 13.1 Å². The van der Waals surface area contributed by atoms with Gasteiger partial charge in [0.2, 0.25) is 0 Å². The molecule has 0 fully saturated rings. The van der Waals surface area contributed by atoms with Gasteiger partial charge >= 0.3 is 11.4 Å². The number of H-pyrrole nitrogens is 1. The van der Waals surface area contributed by atoms with Gasteiger partial charge in [0.05, 0.1) is 16.6 Å². The number of nitrogens with one attached hydrogen (secondary N) is 1. The average Bonchev–Trinajstić information content (AvgIpc) is 3.26. The van der Waals surface area contributed by atoms with Crippen molar-refractivity contribution in [1.29, 1.82) is 0 Å². The number of para-hydroxylation sites is 2. The lowest BCUT2D eigenvalue weighted by molar-refractivity contribution is 0.459. The molecule has 29 heavy (non-hydrogen) atoms. The monoisotopic (exact) mass is 409 g/mol. The Morgan fingerprint density at radius 2 is 2.03 bits per heavy atom. The summed E-state index contributed by atoms with van der Waals surface area (Å²) < 4.78 is 8.29. The van der Waals surface area contributed by atoms with Crippen LogP contribution in [0, 0.1) is 0 Å². The van der Waals surface area contributed by atoms with E-state index in [4.69, 9.17) is 4.42 Å². The third-order valence-electron chi connectivity index (χ3n) is 4.38. The summed E-state index contributed by atoms with van der Waals surface area (Å²) in [5.74, 6) is 0.391. The zero-order valence-electron chi connectivity index (χ0n) is 15.6. The Hall–Kier alpha value is -3.33. The second-order valence-electron chi connectivity index (χ2n) is 6.30. The Morgan fingerprint density at radius 1 is 1.17 bits per heavy atom. The lowest BCUT2D eigenvalue weighted by Gasteiger charge is -2.03. The summed E-state index contributed by atoms with van der Waals surface area (Å²) in [7, 11) is 0. The smallest absolute Gasteiger partial charge is 0.387 e. The van der Waals surface area contributed by atoms with Gasteiger partial charge in [-0.1, -0.05) is 18.2 Å². The minimum Gasteiger partial charge on any atom is -0.387 e. The lowest BCUT2D eigenvalue weighted by atomic mass is 10.3. The summed E-state index contributed by atoms with van der Waals surface area (Å²) in [6.45, 7) is 4.51. The number of aromatic nitrogens is 5. The van der Waals surface area contributed by atoms with Gasteiger partial charge in [0.1, 0.15) is 5.03 Å². The molecule has 0 atom stereocenters. The maximum absolute atomic E-state index is 12.2. The molecule has 1 aromatic carbocycles. The fourth-order valence-corrected chi connectivity index (χ4v) is 3.79. The Labute approximate surface area is 169 Å². The number of hydrogen-bond acceptors (Lipinski definition) is 6. The van der Waals surface area contributed by atoms with Gasteiger partial charge in [0, 0.05) is 25.0 Å². The minimum atomic E-state index is -0.533. The van der Waals surface area contributed by atoms with Gasteiger partial charge in [0.25, 0.3) is 5.89 Å². The van der Waals surface area contributed by atoms with Gasteiger partial charge in [-0.3, -0.25) is 4.57 Å². The molecule has 1 N–H and O–H groups in total. The molecule has 0 saturated carbocycles. The van der Waals surface area contributed by atoms with E-state index in [0.717, 1.165) is 16.1 Å². The second kappa shape index (κ2) is 8.36. The fourth-order valence-electron chi connectivity index (χ4n) is 3.07. The van der Waals surface area contributed by atoms with E-state index in [-0.39, 0.29) is 11.6 Å². The highest BCUT2D eigenvalue weighted by Gasteiger charge is 2.15. The molecule has 0 aliphatic rings. The maximum Gasteiger partial charge on any atom is 0.437 e. The third kappa shape index (κ3) is 3.95. The number of pyridine rings is 1. The normalized spacial score (nSPS) is 11.2. The molecule has 0 saturated heterocycles. The van der Waals surface area contributed by atoms with Crippen LogP contribution in [0.3, 0.4) is 0 Å². The number of aromatic amines is 1. The molecule has 0 unspecified atom stereocenters. The van der Waals surface area contributed by atoms with Gasteiger partial charge in [-0.25, -0.2) is 14.6 Å². The number of hydrogen-bond donors (Lipinski definition) is 1. The molecule has 0 radical (unpaired) electrons. The van der Waals surface area contributed by atoms with E-state index in [0.29, 0.717) is 30.8 Å². The molecule has 3 aromatic heterocycles. The molecular weight excluding hydrogens is 390 g/mol. The molecule has 0 spiro atoms. The van der Waals surface area contributed by atoms with Crippen molar-refractivity contribution in [1.82, 2.24) is 24.3 Å². The molecule has 8 nitrogen and oxygen atoms in total. The second-order valence-corrected chi connectivity index (χ2v) is 7.31. The van der Waals surface area contributed by atoms with Crippen molar-refractivity contribution in [3.63, 3.8) is 0 Å². The SMILES string of the molecule is C=CCSc1ncccc1-c1nn(CCCn2c(=O)[nH]c3ccccc32)c(=O)o1. The van der Waals surface area contributed by atoms with E-state index in [1.807, 2.05) is 30.3 Å². The molecule has 0 amide bonds. The van der Waals surface area contributed by atoms with Crippen LogP contribution in [0.15, 0.2) is 74.3 Å². The number of nitrogens with zero attached hydrogens (tertiary/aromatic N) is 4. The van der Waals surface area contributed by atoms with Crippen LogP contribution in [0.4, 0.5) is 0 Å². The van der Waals surface area contributed by atoms with E-state index in [1.165, 1.54) is 16.4 Å². The van der Waals surface area contributed by atoms with Crippen molar-refractivity contribution < 1.29 is 4.42 Å². The quantitative estimate of drug-likeness (QED) is 0.355. The lowest BCUT2D eigenvalue weighted by Crippen LogP contribution is -2.20. The molecule has 4 aromatic rings. The van der Waals surface area contributed by atoms with Crippen LogP contribution in [0.1, 0.15) is 6.42 Å². The molecular formula is C20H19N5O3S. The van der Waals surface area contributed by atoms with E-state index in [1.54, 1.807) is 22.9 Å². The largest absolute Gasteiger partial charge is 0.437 e. The summed E-state index contributed by atoms with van der Waals surface area (Å²) in [6.07, 6.45) is 4.02. The average molecular weight is 409 g/mol. The maximum atomic E-state index is 12.2. The first-order chi connectivity index (χ1) is 14.2. The summed E-state index contributed by atoms with van der Waals surface area (Å²) in [6, 6.07) is 11.1. The van der Waals surface area contributed by atoms with E-state index < -0.39 is 5.76 Å². The van der Waals surface area contributed by atoms with Crippen molar-refractivity contribution >= 4 is 22.8 Å². The van der Waals surface area contributed by atoms with Crippen LogP contribution >= 0.6 is 11.8 Å². The number of imidazole rings is 1. The number of fused-ring (bicyclic) bond motifs is 1. The van der Waals surface area contributed by atoms with E-state index in [2.05, 4.69) is 21.6 Å². The number of thioether (sulfide) groups is 1. The Kier molecular flexibility index (Phi) is 5.48. The van der Waals surface area contributed by atoms with Gasteiger partial charge in [-0.15, -0.1) is 23.4 Å². The standard InChI is InChI=1S/C20H19N5O3S/c1-2-13-29-18-14(7-5-10-21-18)17-23-25(20(27)28-17)12-6-11-24-16-9-4-3-8-15(16)22-19(24)26/h2-5,7-10H,1,6,11-13H2,(H,22,26). The predicted molar refractivity (Wildman–Crippen MR) is 112 cm³/mol. The molecule has 148 valence electrons. The van der Waals surface area contributed by atoms with E-state index >= 15 is 0 Å². The summed E-state index contributed by atoms with van der Waals surface area (Å²) >= 11 is 1.49. The van der Waals surface area contributed by atoms with Crippen molar-refractivity contribution in [2.75, 3.05) is 5.75 Å². The first kappa shape index (κ1) is 19.0. The van der Waals surface area contributed by atoms with Crippen LogP contribution in [0.2, 0.25) is 0 Å². The number of benzene rings is 1. The highest BCUT2D eigenvalue weighted by molar-refractivity contribution is 7.99. The highest BCUT2D eigenvalue weighted by Crippen LogP contribution is 2.27. The van der Waals surface area contributed by atoms with Crippen molar-refractivity contribution in [2.24, 2.45) is 0 Å². The molecule has 3 heterocycles. The summed E-state index contributed by atoms with van der Waals surface area (Å²) in [5, 5.41) is 5.04. The fraction of sp³-hybridized carbons (Fsp3) is 0.200.